The summed E-state index contributed by atoms with van der Waals surface area (Å²) in [5.74, 6) is -0.965. The summed E-state index contributed by atoms with van der Waals surface area (Å²) < 4.78 is 44.7. The van der Waals surface area contributed by atoms with Crippen molar-refractivity contribution >= 4 is 61.5 Å². The number of hydrogen-bond donors (Lipinski definition) is 0. The van der Waals surface area contributed by atoms with E-state index in [4.69, 9.17) is 15.8 Å². The van der Waals surface area contributed by atoms with E-state index in [1.807, 2.05) is 12.1 Å². The van der Waals surface area contributed by atoms with E-state index < -0.39 is 27.1 Å². The van der Waals surface area contributed by atoms with Gasteiger partial charge in [-0.3, -0.25) is 14.5 Å². The van der Waals surface area contributed by atoms with Crippen LogP contribution in [0.2, 0.25) is 5.02 Å². The average Bonchev–Trinajstić information content (AvgIpc) is 3.14. The van der Waals surface area contributed by atoms with Gasteiger partial charge in [-0.1, -0.05) is 54.1 Å². The van der Waals surface area contributed by atoms with Crippen molar-refractivity contribution in [2.24, 2.45) is 0 Å². The first-order valence-electron chi connectivity index (χ1n) is 10.9. The van der Waals surface area contributed by atoms with Gasteiger partial charge in [0.2, 0.25) is 0 Å². The largest absolute Gasteiger partial charge is 0.378 e. The van der Waals surface area contributed by atoms with Gasteiger partial charge in [-0.05, 0) is 76.6 Å². The van der Waals surface area contributed by atoms with E-state index in [-0.39, 0.29) is 22.1 Å². The van der Waals surface area contributed by atoms with Crippen LogP contribution in [0.3, 0.4) is 0 Å². The van der Waals surface area contributed by atoms with Crippen LogP contribution in [-0.4, -0.2) is 24.5 Å². The third kappa shape index (κ3) is 5.24. The lowest BCUT2D eigenvalue weighted by molar-refractivity contribution is -0.123. The molecule has 0 saturated carbocycles. The Labute approximate surface area is 221 Å². The van der Waals surface area contributed by atoms with Gasteiger partial charge in [-0.25, -0.2) is 4.39 Å². The normalized spacial score (nSPS) is 15.1. The van der Waals surface area contributed by atoms with Crippen molar-refractivity contribution in [3.8, 4) is 5.75 Å². The number of halogens is 2. The number of nitrogens with zero attached hydrogens (tertiary/aromatic N) is 1. The van der Waals surface area contributed by atoms with E-state index in [0.29, 0.717) is 21.5 Å². The monoisotopic (exact) mass is 553 g/mol. The van der Waals surface area contributed by atoms with Crippen molar-refractivity contribution in [1.82, 2.24) is 4.90 Å². The fraction of sp³-hybridized carbons (Fsp3) is 0.0370. The lowest BCUT2D eigenvalue weighted by Crippen LogP contribution is -2.27. The Hall–Kier alpha value is -3.66. The number of fused-ring (bicyclic) bond motifs is 1. The van der Waals surface area contributed by atoms with E-state index in [0.717, 1.165) is 22.0 Å². The first-order chi connectivity index (χ1) is 17.7. The highest BCUT2D eigenvalue weighted by molar-refractivity contribution is 8.18. The lowest BCUT2D eigenvalue weighted by atomic mass is 10.0. The summed E-state index contributed by atoms with van der Waals surface area (Å²) in [7, 11) is -4.22. The number of thioether (sulfide) groups is 1. The van der Waals surface area contributed by atoms with Gasteiger partial charge < -0.3 is 4.18 Å². The number of carbonyl (C=O) groups is 2. The van der Waals surface area contributed by atoms with Gasteiger partial charge in [0.15, 0.2) is 5.75 Å². The van der Waals surface area contributed by atoms with E-state index in [1.54, 1.807) is 18.2 Å². The molecule has 1 saturated heterocycles. The second-order valence-corrected chi connectivity index (χ2v) is 11.1. The number of benzene rings is 4. The van der Waals surface area contributed by atoms with Crippen LogP contribution < -0.4 is 4.18 Å². The van der Waals surface area contributed by atoms with Crippen molar-refractivity contribution in [1.29, 1.82) is 0 Å². The molecule has 0 unspecified atom stereocenters. The molecule has 186 valence electrons. The maximum absolute atomic E-state index is 13.2. The summed E-state index contributed by atoms with van der Waals surface area (Å²) in [5, 5.41) is 1.31. The topological polar surface area (TPSA) is 80.8 Å². The molecule has 4 aromatic rings. The van der Waals surface area contributed by atoms with Crippen molar-refractivity contribution < 1.29 is 26.6 Å². The number of hydrogen-bond acceptors (Lipinski definition) is 6. The van der Waals surface area contributed by atoms with Crippen LogP contribution in [0.5, 0.6) is 5.75 Å². The van der Waals surface area contributed by atoms with E-state index in [9.17, 15) is 22.4 Å². The molecule has 0 aromatic heterocycles. The molecule has 5 rings (SSSR count). The van der Waals surface area contributed by atoms with Crippen LogP contribution in [-0.2, 0) is 21.5 Å². The number of rotatable bonds is 6. The van der Waals surface area contributed by atoms with Crippen molar-refractivity contribution in [3.63, 3.8) is 0 Å². The Balaban J connectivity index is 1.53. The highest BCUT2D eigenvalue weighted by Gasteiger charge is 2.35. The molecule has 0 atom stereocenters. The summed E-state index contributed by atoms with van der Waals surface area (Å²) in [6.07, 6.45) is 1.46. The standard InChI is InChI=1S/C27H17ClFNO5S2/c28-19-8-12-21(13-9-19)37(33,34)35-24-14-7-18-3-1-2-4-22(18)23(24)15-25-26(31)30(27(32)36-25)16-17-5-10-20(29)11-6-17/h1-15H,16H2/b25-15-. The number of amides is 2. The fourth-order valence-electron chi connectivity index (χ4n) is 3.80. The van der Waals surface area contributed by atoms with Crippen molar-refractivity contribution in [2.75, 3.05) is 0 Å². The SMILES string of the molecule is O=C1S/C(=C\c2c(OS(=O)(=O)c3ccc(Cl)cc3)ccc3ccccc23)C(=O)N1Cc1ccc(F)cc1. The molecule has 0 aliphatic carbocycles. The molecule has 1 aliphatic rings. The zero-order valence-electron chi connectivity index (χ0n) is 18.9. The maximum atomic E-state index is 13.2. The minimum Gasteiger partial charge on any atom is -0.378 e. The van der Waals surface area contributed by atoms with Crippen LogP contribution in [0, 0.1) is 5.82 Å². The Kier molecular flexibility index (Phi) is 6.76. The zero-order valence-corrected chi connectivity index (χ0v) is 21.3. The Morgan fingerprint density at radius 1 is 0.919 bits per heavy atom. The quantitative estimate of drug-likeness (QED) is 0.197. The molecule has 1 fully saturated rings. The highest BCUT2D eigenvalue weighted by atomic mass is 35.5. The van der Waals surface area contributed by atoms with Crippen LogP contribution in [0.1, 0.15) is 11.1 Å². The minimum absolute atomic E-state index is 0.000941. The molecule has 0 radical (unpaired) electrons. The van der Waals surface area contributed by atoms with E-state index in [1.165, 1.54) is 60.7 Å². The van der Waals surface area contributed by atoms with Crippen molar-refractivity contribution in [3.05, 3.63) is 112 Å². The van der Waals surface area contributed by atoms with E-state index in [2.05, 4.69) is 0 Å². The molecule has 0 spiro atoms. The molecular formula is C27H17ClFNO5S2. The molecule has 0 bridgehead atoms. The van der Waals surface area contributed by atoms with Crippen LogP contribution in [0.4, 0.5) is 9.18 Å². The first-order valence-corrected chi connectivity index (χ1v) is 13.5. The first kappa shape index (κ1) is 25.0. The van der Waals surface area contributed by atoms with Gasteiger partial charge in [-0.15, -0.1) is 0 Å². The smallest absolute Gasteiger partial charge is 0.339 e. The summed E-state index contributed by atoms with van der Waals surface area (Å²) >= 11 is 6.61. The Morgan fingerprint density at radius 2 is 1.62 bits per heavy atom. The summed E-state index contributed by atoms with van der Waals surface area (Å²) in [4.78, 5) is 26.9. The van der Waals surface area contributed by atoms with Crippen LogP contribution in [0.15, 0.2) is 94.7 Å². The van der Waals surface area contributed by atoms with E-state index >= 15 is 0 Å². The second-order valence-electron chi connectivity index (χ2n) is 8.08. The molecule has 1 heterocycles. The third-order valence-corrected chi connectivity index (χ3v) is 8.04. The Bertz CT molecular complexity index is 1670. The summed E-state index contributed by atoms with van der Waals surface area (Å²) in [6.45, 7) is -0.0217. The van der Waals surface area contributed by atoms with Crippen LogP contribution >= 0.6 is 23.4 Å². The van der Waals surface area contributed by atoms with Gasteiger partial charge in [0.05, 0.1) is 11.4 Å². The number of imide groups is 1. The summed E-state index contributed by atoms with van der Waals surface area (Å²) in [6, 6.07) is 21.5. The molecule has 2 amide bonds. The van der Waals surface area contributed by atoms with Gasteiger partial charge in [0.25, 0.3) is 11.1 Å². The molecule has 37 heavy (non-hydrogen) atoms. The molecule has 6 nitrogen and oxygen atoms in total. The minimum atomic E-state index is -4.22. The highest BCUT2D eigenvalue weighted by Crippen LogP contribution is 2.38. The molecular weight excluding hydrogens is 537 g/mol. The lowest BCUT2D eigenvalue weighted by Gasteiger charge is -2.13. The van der Waals surface area contributed by atoms with Gasteiger partial charge >= 0.3 is 10.1 Å². The predicted octanol–water partition coefficient (Wildman–Crippen LogP) is 6.64. The summed E-state index contributed by atoms with van der Waals surface area (Å²) in [5.41, 5.74) is 0.927. The molecule has 1 aliphatic heterocycles. The van der Waals surface area contributed by atoms with Crippen molar-refractivity contribution in [2.45, 2.75) is 11.4 Å². The fourth-order valence-corrected chi connectivity index (χ4v) is 5.70. The van der Waals surface area contributed by atoms with Gasteiger partial charge in [0.1, 0.15) is 10.7 Å². The second kappa shape index (κ2) is 10.0. The Morgan fingerprint density at radius 3 is 2.35 bits per heavy atom. The molecule has 4 aromatic carbocycles. The van der Waals surface area contributed by atoms with Crippen LogP contribution in [0.25, 0.3) is 16.8 Å². The van der Waals surface area contributed by atoms with Gasteiger partial charge in [-0.2, -0.15) is 8.42 Å². The van der Waals surface area contributed by atoms with Gasteiger partial charge in [0, 0.05) is 10.6 Å². The zero-order chi connectivity index (χ0) is 26.2. The average molecular weight is 554 g/mol. The molecule has 10 heteroatoms. The molecule has 0 N–H and O–H groups in total. The maximum Gasteiger partial charge on any atom is 0.339 e. The third-order valence-electron chi connectivity index (χ3n) is 5.64. The number of carbonyl (C=O) groups excluding carboxylic acids is 2. The predicted molar refractivity (Wildman–Crippen MR) is 141 cm³/mol.